The molecule has 0 heterocycles. The zero-order valence-corrected chi connectivity index (χ0v) is 10.3. The van der Waals surface area contributed by atoms with Crippen molar-refractivity contribution in [2.45, 2.75) is 44.6 Å². The van der Waals surface area contributed by atoms with Crippen LogP contribution in [0.2, 0.25) is 0 Å². The molecule has 92 valence electrons. The predicted molar refractivity (Wildman–Crippen MR) is 69.1 cm³/mol. The highest BCUT2D eigenvalue weighted by Gasteiger charge is 2.19. The van der Waals surface area contributed by atoms with Gasteiger partial charge in [0.25, 0.3) is 0 Å². The molecule has 0 aromatic heterocycles. The molecule has 2 aliphatic rings. The third-order valence-electron chi connectivity index (χ3n) is 4.19. The lowest BCUT2D eigenvalue weighted by molar-refractivity contribution is 0.180. The van der Waals surface area contributed by atoms with Crippen molar-refractivity contribution in [3.8, 4) is 5.75 Å². The molecular weight excluding hydrogens is 210 g/mol. The van der Waals surface area contributed by atoms with Crippen LogP contribution in [0.4, 0.5) is 0 Å². The first-order valence-corrected chi connectivity index (χ1v) is 6.84. The second kappa shape index (κ2) is 4.69. The summed E-state index contributed by atoms with van der Waals surface area (Å²) in [7, 11) is 0. The highest BCUT2D eigenvalue weighted by Crippen LogP contribution is 2.32. The molecule has 3 rings (SSSR count). The second-order valence-electron chi connectivity index (χ2n) is 5.47. The van der Waals surface area contributed by atoms with E-state index in [-0.39, 0.29) is 6.04 Å². The lowest BCUT2D eigenvalue weighted by atomic mass is 9.86. The van der Waals surface area contributed by atoms with Crippen molar-refractivity contribution in [3.05, 3.63) is 29.3 Å². The van der Waals surface area contributed by atoms with E-state index in [0.29, 0.717) is 0 Å². The van der Waals surface area contributed by atoms with Crippen molar-refractivity contribution < 1.29 is 4.74 Å². The smallest absolute Gasteiger partial charge is 0.119 e. The van der Waals surface area contributed by atoms with Gasteiger partial charge in [0.1, 0.15) is 5.75 Å². The largest absolute Gasteiger partial charge is 0.493 e. The van der Waals surface area contributed by atoms with E-state index in [1.165, 1.54) is 36.8 Å². The zero-order valence-electron chi connectivity index (χ0n) is 10.3. The van der Waals surface area contributed by atoms with Gasteiger partial charge in [-0.1, -0.05) is 12.5 Å². The summed E-state index contributed by atoms with van der Waals surface area (Å²) in [6, 6.07) is 6.68. The van der Waals surface area contributed by atoms with Gasteiger partial charge in [-0.15, -0.1) is 0 Å². The Hall–Kier alpha value is -1.02. The van der Waals surface area contributed by atoms with Gasteiger partial charge in [-0.05, 0) is 61.3 Å². The van der Waals surface area contributed by atoms with Crippen molar-refractivity contribution in [1.29, 1.82) is 0 Å². The Morgan fingerprint density at radius 3 is 2.82 bits per heavy atom. The molecule has 2 nitrogen and oxygen atoms in total. The Labute approximate surface area is 103 Å². The van der Waals surface area contributed by atoms with Gasteiger partial charge in [0.2, 0.25) is 0 Å². The molecule has 2 N–H and O–H groups in total. The molecule has 1 aromatic carbocycles. The lowest BCUT2D eigenvalue weighted by Gasteiger charge is -2.26. The number of ether oxygens (including phenoxy) is 1. The first-order valence-electron chi connectivity index (χ1n) is 6.84. The molecule has 1 saturated carbocycles. The minimum Gasteiger partial charge on any atom is -0.493 e. The molecule has 1 unspecified atom stereocenters. The van der Waals surface area contributed by atoms with Crippen molar-refractivity contribution in [2.75, 3.05) is 6.61 Å². The van der Waals surface area contributed by atoms with E-state index in [1.54, 1.807) is 0 Å². The normalized spacial score (nSPS) is 23.9. The average molecular weight is 231 g/mol. The number of nitrogens with two attached hydrogens (primary N) is 1. The predicted octanol–water partition coefficient (Wildman–Crippen LogP) is 3.20. The maximum Gasteiger partial charge on any atom is 0.119 e. The Morgan fingerprint density at radius 2 is 2.06 bits per heavy atom. The van der Waals surface area contributed by atoms with Crippen LogP contribution in [0.25, 0.3) is 0 Å². The molecule has 1 fully saturated rings. The van der Waals surface area contributed by atoms with Gasteiger partial charge >= 0.3 is 0 Å². The van der Waals surface area contributed by atoms with Crippen LogP contribution in [-0.2, 0) is 6.42 Å². The molecule has 2 heteroatoms. The quantitative estimate of drug-likeness (QED) is 0.867. The molecule has 1 aromatic rings. The number of hydrogen-bond acceptors (Lipinski definition) is 2. The van der Waals surface area contributed by atoms with Gasteiger partial charge in [-0.25, -0.2) is 0 Å². The average Bonchev–Trinajstić information content (AvgIpc) is 2.27. The van der Waals surface area contributed by atoms with Gasteiger partial charge in [0, 0.05) is 6.04 Å². The van der Waals surface area contributed by atoms with Crippen LogP contribution in [-0.4, -0.2) is 6.61 Å². The Bertz CT molecular complexity index is 398. The van der Waals surface area contributed by atoms with Gasteiger partial charge in [-0.3, -0.25) is 0 Å². The van der Waals surface area contributed by atoms with Gasteiger partial charge in [-0.2, -0.15) is 0 Å². The molecular formula is C15H21NO. The second-order valence-corrected chi connectivity index (χ2v) is 5.47. The molecule has 17 heavy (non-hydrogen) atoms. The van der Waals surface area contributed by atoms with E-state index >= 15 is 0 Å². The van der Waals surface area contributed by atoms with Gasteiger partial charge in [0.15, 0.2) is 0 Å². The summed E-state index contributed by atoms with van der Waals surface area (Å²) >= 11 is 0. The van der Waals surface area contributed by atoms with E-state index in [0.717, 1.165) is 31.1 Å². The number of hydrogen-bond donors (Lipinski definition) is 1. The summed E-state index contributed by atoms with van der Waals surface area (Å²) < 4.78 is 5.87. The van der Waals surface area contributed by atoms with Crippen LogP contribution in [0.3, 0.4) is 0 Å². The fourth-order valence-electron chi connectivity index (χ4n) is 2.79. The van der Waals surface area contributed by atoms with E-state index in [2.05, 4.69) is 18.2 Å². The first-order chi connectivity index (χ1) is 8.33. The third-order valence-corrected chi connectivity index (χ3v) is 4.19. The summed E-state index contributed by atoms with van der Waals surface area (Å²) in [4.78, 5) is 0. The number of benzene rings is 1. The fourth-order valence-corrected chi connectivity index (χ4v) is 2.79. The maximum atomic E-state index is 6.11. The minimum absolute atomic E-state index is 0.236. The van der Waals surface area contributed by atoms with Crippen LogP contribution >= 0.6 is 0 Å². The number of fused-ring (bicyclic) bond motifs is 1. The molecule has 0 amide bonds. The summed E-state index contributed by atoms with van der Waals surface area (Å²) in [5, 5.41) is 0. The molecule has 1 atom stereocenters. The van der Waals surface area contributed by atoms with E-state index in [9.17, 15) is 0 Å². The fraction of sp³-hybridized carbons (Fsp3) is 0.600. The molecule has 0 spiro atoms. The van der Waals surface area contributed by atoms with Crippen molar-refractivity contribution in [3.63, 3.8) is 0 Å². The third kappa shape index (κ3) is 2.32. The maximum absolute atomic E-state index is 6.11. The summed E-state index contributed by atoms with van der Waals surface area (Å²) in [6.07, 6.45) is 7.55. The topological polar surface area (TPSA) is 35.2 Å². The van der Waals surface area contributed by atoms with Crippen molar-refractivity contribution in [1.82, 2.24) is 0 Å². The van der Waals surface area contributed by atoms with E-state index in [1.807, 2.05) is 0 Å². The first kappa shape index (κ1) is 11.1. The van der Waals surface area contributed by atoms with Crippen LogP contribution in [0.1, 0.15) is 49.3 Å². The summed E-state index contributed by atoms with van der Waals surface area (Å²) in [5.41, 5.74) is 8.83. The van der Waals surface area contributed by atoms with Gasteiger partial charge in [0.05, 0.1) is 6.61 Å². The molecule has 2 aliphatic carbocycles. The Kier molecular flexibility index (Phi) is 3.06. The molecule has 0 bridgehead atoms. The van der Waals surface area contributed by atoms with Crippen molar-refractivity contribution >= 4 is 0 Å². The van der Waals surface area contributed by atoms with Crippen LogP contribution in [0.5, 0.6) is 5.75 Å². The standard InChI is InChI=1S/C15H21NO/c16-15-6-2-5-12-9-13(7-8-14(12)15)17-10-11-3-1-4-11/h7-9,11,15H,1-6,10,16H2. The Balaban J connectivity index is 1.69. The number of rotatable bonds is 3. The van der Waals surface area contributed by atoms with Gasteiger partial charge < -0.3 is 10.5 Å². The number of aryl methyl sites for hydroxylation is 1. The van der Waals surface area contributed by atoms with Crippen LogP contribution in [0.15, 0.2) is 18.2 Å². The summed E-state index contributed by atoms with van der Waals surface area (Å²) in [5.74, 6) is 1.83. The van der Waals surface area contributed by atoms with Crippen LogP contribution < -0.4 is 10.5 Å². The lowest BCUT2D eigenvalue weighted by Crippen LogP contribution is -2.20. The molecule has 0 saturated heterocycles. The summed E-state index contributed by atoms with van der Waals surface area (Å²) in [6.45, 7) is 0.894. The zero-order chi connectivity index (χ0) is 11.7. The van der Waals surface area contributed by atoms with E-state index < -0.39 is 0 Å². The molecule has 0 radical (unpaired) electrons. The van der Waals surface area contributed by atoms with Crippen LogP contribution in [0, 0.1) is 5.92 Å². The molecule has 0 aliphatic heterocycles. The van der Waals surface area contributed by atoms with Crippen molar-refractivity contribution in [2.24, 2.45) is 11.7 Å². The minimum atomic E-state index is 0.236. The van der Waals surface area contributed by atoms with E-state index in [4.69, 9.17) is 10.5 Å². The highest BCUT2D eigenvalue weighted by atomic mass is 16.5. The highest BCUT2D eigenvalue weighted by molar-refractivity contribution is 5.38. The monoisotopic (exact) mass is 231 g/mol. The Morgan fingerprint density at radius 1 is 1.18 bits per heavy atom. The SMILES string of the molecule is NC1CCCc2cc(OCC3CCC3)ccc21.